The molecule has 0 aromatic rings. The minimum Gasteiger partial charge on any atom is -0.481 e. The molecule has 0 bridgehead atoms. The van der Waals surface area contributed by atoms with E-state index in [2.05, 4.69) is 40.1 Å². The summed E-state index contributed by atoms with van der Waals surface area (Å²) in [4.78, 5) is 23.8. The molecule has 0 heterocycles. The van der Waals surface area contributed by atoms with Crippen LogP contribution in [0.2, 0.25) is 0 Å². The van der Waals surface area contributed by atoms with Gasteiger partial charge in [0.2, 0.25) is 0 Å². The molecule has 47 heavy (non-hydrogen) atoms. The van der Waals surface area contributed by atoms with Gasteiger partial charge in [0, 0.05) is 12.8 Å². The van der Waals surface area contributed by atoms with E-state index in [1.807, 2.05) is 0 Å². The first-order valence-corrected chi connectivity index (χ1v) is 20.7. The zero-order chi connectivity index (χ0) is 34.7. The predicted molar refractivity (Wildman–Crippen MR) is 203 cm³/mol. The number of hydrogen-bond acceptors (Lipinski definition) is 3. The highest BCUT2D eigenvalue weighted by Gasteiger charge is 2.25. The molecule has 5 nitrogen and oxygen atoms in total. The SMILES string of the molecule is CCCCCCCCC=CCCCCCCCC(=O)OC(CCCCCCCCCCCCCCCC)C[N+](C)(C)CCCC(=O)O. The molecule has 0 saturated carbocycles. The van der Waals surface area contributed by atoms with Gasteiger partial charge < -0.3 is 14.3 Å². The molecule has 278 valence electrons. The van der Waals surface area contributed by atoms with E-state index in [1.54, 1.807) is 0 Å². The van der Waals surface area contributed by atoms with Crippen LogP contribution in [-0.2, 0) is 14.3 Å². The number of allylic oxidation sites excluding steroid dienone is 2. The Kier molecular flexibility index (Phi) is 33.5. The van der Waals surface area contributed by atoms with Gasteiger partial charge in [-0.1, -0.05) is 161 Å². The number of ether oxygens (including phenoxy) is 1. The van der Waals surface area contributed by atoms with Crippen LogP contribution >= 0.6 is 0 Å². The number of quaternary nitrogens is 1. The van der Waals surface area contributed by atoms with Crippen LogP contribution in [0.4, 0.5) is 0 Å². The third-order valence-corrected chi connectivity index (χ3v) is 9.67. The third kappa shape index (κ3) is 35.8. The van der Waals surface area contributed by atoms with Crippen LogP contribution in [0.3, 0.4) is 0 Å². The van der Waals surface area contributed by atoms with Crippen LogP contribution in [0.1, 0.15) is 213 Å². The van der Waals surface area contributed by atoms with Gasteiger partial charge in [-0.15, -0.1) is 0 Å². The highest BCUT2D eigenvalue weighted by atomic mass is 16.5. The van der Waals surface area contributed by atoms with Crippen LogP contribution in [0.25, 0.3) is 0 Å². The Morgan fingerprint density at radius 1 is 0.553 bits per heavy atom. The lowest BCUT2D eigenvalue weighted by atomic mass is 10.0. The monoisotopic (exact) mass is 665 g/mol. The largest absolute Gasteiger partial charge is 0.481 e. The van der Waals surface area contributed by atoms with Crippen molar-refractivity contribution in [1.29, 1.82) is 0 Å². The number of nitrogens with zero attached hydrogens (tertiary/aromatic N) is 1. The topological polar surface area (TPSA) is 63.6 Å². The van der Waals surface area contributed by atoms with Gasteiger partial charge in [-0.25, -0.2) is 0 Å². The first kappa shape index (κ1) is 45.6. The van der Waals surface area contributed by atoms with E-state index >= 15 is 0 Å². The zero-order valence-electron chi connectivity index (χ0n) is 32.2. The first-order chi connectivity index (χ1) is 22.8. The number of carbonyl (C=O) groups excluding carboxylic acids is 1. The minimum absolute atomic E-state index is 0.0523. The van der Waals surface area contributed by atoms with E-state index in [9.17, 15) is 9.59 Å². The lowest BCUT2D eigenvalue weighted by Crippen LogP contribution is -2.47. The quantitative estimate of drug-likeness (QED) is 0.0311. The minimum atomic E-state index is -0.740. The average Bonchev–Trinajstić information content (AvgIpc) is 3.02. The highest BCUT2D eigenvalue weighted by Crippen LogP contribution is 2.18. The van der Waals surface area contributed by atoms with Gasteiger partial charge in [-0.3, -0.25) is 9.59 Å². The summed E-state index contributed by atoms with van der Waals surface area (Å²) >= 11 is 0. The van der Waals surface area contributed by atoms with Crippen molar-refractivity contribution in [3.63, 3.8) is 0 Å². The molecule has 0 aromatic carbocycles. The maximum atomic E-state index is 12.8. The van der Waals surface area contributed by atoms with E-state index < -0.39 is 5.97 Å². The lowest BCUT2D eigenvalue weighted by Gasteiger charge is -2.33. The summed E-state index contributed by atoms with van der Waals surface area (Å²) in [5, 5.41) is 9.06. The van der Waals surface area contributed by atoms with Crippen LogP contribution in [0, 0.1) is 0 Å². The fraction of sp³-hybridized carbons (Fsp3) is 0.905. The van der Waals surface area contributed by atoms with Crippen LogP contribution < -0.4 is 0 Å². The van der Waals surface area contributed by atoms with E-state index in [-0.39, 0.29) is 18.5 Å². The van der Waals surface area contributed by atoms with Crippen molar-refractivity contribution in [2.45, 2.75) is 219 Å². The number of unbranched alkanes of at least 4 members (excludes halogenated alkanes) is 24. The Labute approximate surface area is 293 Å². The van der Waals surface area contributed by atoms with Gasteiger partial charge in [0.1, 0.15) is 6.54 Å². The van der Waals surface area contributed by atoms with Crippen molar-refractivity contribution >= 4 is 11.9 Å². The standard InChI is InChI=1S/C42H81NO4/c1-5-7-9-11-13-15-17-19-21-23-25-27-29-31-33-37-42(46)47-40(39-43(3,4)38-34-36-41(44)45)35-32-30-28-26-24-22-20-18-16-14-12-10-8-6-2/h19,21,40H,5-18,20,22-39H2,1-4H3/p+1. The Hall–Kier alpha value is -1.36. The molecule has 0 aliphatic heterocycles. The fourth-order valence-electron chi connectivity index (χ4n) is 6.64. The summed E-state index contributed by atoms with van der Waals surface area (Å²) in [5.41, 5.74) is 0. The molecule has 1 N–H and O–H groups in total. The molecule has 0 spiro atoms. The van der Waals surface area contributed by atoms with E-state index in [4.69, 9.17) is 9.84 Å². The summed E-state index contributed by atoms with van der Waals surface area (Å²) in [6, 6.07) is 0. The zero-order valence-corrected chi connectivity index (χ0v) is 32.2. The predicted octanol–water partition coefficient (Wildman–Crippen LogP) is 12.7. The van der Waals surface area contributed by atoms with E-state index in [0.717, 1.165) is 38.8 Å². The number of rotatable bonds is 37. The molecule has 5 heteroatoms. The summed E-state index contributed by atoms with van der Waals surface area (Å²) in [6.45, 7) is 6.10. The number of esters is 1. The van der Waals surface area contributed by atoms with Gasteiger partial charge >= 0.3 is 11.9 Å². The molecular weight excluding hydrogens is 582 g/mol. The first-order valence-electron chi connectivity index (χ1n) is 20.7. The Morgan fingerprint density at radius 2 is 0.957 bits per heavy atom. The third-order valence-electron chi connectivity index (χ3n) is 9.67. The highest BCUT2D eigenvalue weighted by molar-refractivity contribution is 5.69. The second-order valence-corrected chi connectivity index (χ2v) is 15.2. The lowest BCUT2D eigenvalue weighted by molar-refractivity contribution is -0.893. The summed E-state index contributed by atoms with van der Waals surface area (Å²) < 4.78 is 6.76. The van der Waals surface area contributed by atoms with Crippen LogP contribution in [-0.4, -0.2) is 54.8 Å². The van der Waals surface area contributed by atoms with Gasteiger partial charge in [0.05, 0.1) is 27.1 Å². The summed E-state index contributed by atoms with van der Waals surface area (Å²) in [5.74, 6) is -0.793. The Balaban J connectivity index is 4.18. The van der Waals surface area contributed by atoms with Crippen molar-refractivity contribution in [2.75, 3.05) is 27.2 Å². The van der Waals surface area contributed by atoms with Crippen LogP contribution in [0.15, 0.2) is 12.2 Å². The summed E-state index contributed by atoms with van der Waals surface area (Å²) in [6.07, 6.45) is 42.0. The number of aliphatic carboxylic acids is 1. The smallest absolute Gasteiger partial charge is 0.306 e. The molecule has 0 radical (unpaired) electrons. The molecular formula is C42H82NO4+. The molecule has 1 unspecified atom stereocenters. The number of carboxylic acid groups (broad SMARTS) is 1. The van der Waals surface area contributed by atoms with Gasteiger partial charge in [-0.2, -0.15) is 0 Å². The molecule has 0 rings (SSSR count). The number of carboxylic acids is 1. The van der Waals surface area contributed by atoms with E-state index in [1.165, 1.54) is 154 Å². The number of carbonyl (C=O) groups is 2. The average molecular weight is 665 g/mol. The van der Waals surface area contributed by atoms with Gasteiger partial charge in [-0.05, 0) is 44.9 Å². The maximum Gasteiger partial charge on any atom is 0.306 e. The Morgan fingerprint density at radius 3 is 1.40 bits per heavy atom. The number of hydrogen-bond donors (Lipinski definition) is 1. The van der Waals surface area contributed by atoms with Crippen molar-refractivity contribution < 1.29 is 23.9 Å². The van der Waals surface area contributed by atoms with Crippen LogP contribution in [0.5, 0.6) is 0 Å². The molecule has 0 aliphatic rings. The summed E-state index contributed by atoms with van der Waals surface area (Å²) in [7, 11) is 4.27. The number of likely N-dealkylation sites (N-methyl/N-ethyl adjacent to an activating group) is 1. The molecule has 0 aliphatic carbocycles. The van der Waals surface area contributed by atoms with Crippen molar-refractivity contribution in [1.82, 2.24) is 0 Å². The normalized spacial score (nSPS) is 12.6. The molecule has 0 saturated heterocycles. The maximum absolute atomic E-state index is 12.8. The fourth-order valence-corrected chi connectivity index (χ4v) is 6.64. The molecule has 0 aromatic heterocycles. The molecule has 0 amide bonds. The second-order valence-electron chi connectivity index (χ2n) is 15.2. The van der Waals surface area contributed by atoms with Crippen molar-refractivity contribution in [3.8, 4) is 0 Å². The Bertz CT molecular complexity index is 719. The van der Waals surface area contributed by atoms with Gasteiger partial charge in [0.25, 0.3) is 0 Å². The van der Waals surface area contributed by atoms with Gasteiger partial charge in [0.15, 0.2) is 6.10 Å². The molecule has 1 atom stereocenters. The van der Waals surface area contributed by atoms with E-state index in [0.29, 0.717) is 17.3 Å². The molecule has 0 fully saturated rings. The van der Waals surface area contributed by atoms with Crippen molar-refractivity contribution in [2.24, 2.45) is 0 Å². The van der Waals surface area contributed by atoms with Crippen molar-refractivity contribution in [3.05, 3.63) is 12.2 Å². The second kappa shape index (κ2) is 34.5.